The molecule has 1 aromatic rings. The normalized spacial score (nSPS) is 25.0. The average molecular weight is 555 g/mol. The summed E-state index contributed by atoms with van der Waals surface area (Å²) in [5.74, 6) is 0.227. The van der Waals surface area contributed by atoms with Crippen LogP contribution in [0.1, 0.15) is 45.1 Å². The Labute approximate surface area is 199 Å². The third kappa shape index (κ3) is 7.96. The van der Waals surface area contributed by atoms with Gasteiger partial charge in [-0.2, -0.15) is 13.2 Å². The number of ether oxygens (including phenoxy) is 1. The van der Waals surface area contributed by atoms with E-state index in [0.29, 0.717) is 32.1 Å². The SMILES string of the molecule is CCNC(=NCc1ccnc(N2CCOC(C)C2)c1)NC1CCCC(C(F)(F)F)C1.I. The first-order chi connectivity index (χ1) is 14.3. The predicted octanol–water partition coefficient (Wildman–Crippen LogP) is 4.10. The van der Waals surface area contributed by atoms with Crippen LogP contribution in [0.4, 0.5) is 19.0 Å². The van der Waals surface area contributed by atoms with Crippen LogP contribution in [0.5, 0.6) is 0 Å². The summed E-state index contributed by atoms with van der Waals surface area (Å²) in [6.07, 6.45) is -0.561. The summed E-state index contributed by atoms with van der Waals surface area (Å²) < 4.78 is 44.9. The number of hydrogen-bond donors (Lipinski definition) is 2. The Morgan fingerprint density at radius 1 is 1.35 bits per heavy atom. The molecule has 0 aromatic carbocycles. The van der Waals surface area contributed by atoms with Crippen LogP contribution in [-0.4, -0.2) is 55.5 Å². The molecule has 0 radical (unpaired) electrons. The lowest BCUT2D eigenvalue weighted by Gasteiger charge is -2.32. The quantitative estimate of drug-likeness (QED) is 0.326. The van der Waals surface area contributed by atoms with Gasteiger partial charge in [0.05, 0.1) is 25.2 Å². The molecule has 0 spiro atoms. The Hall–Kier alpha value is -1.30. The Morgan fingerprint density at radius 3 is 2.87 bits per heavy atom. The van der Waals surface area contributed by atoms with Gasteiger partial charge in [0.2, 0.25) is 0 Å². The number of guanidine groups is 1. The molecule has 176 valence electrons. The first-order valence-corrected chi connectivity index (χ1v) is 10.8. The van der Waals surface area contributed by atoms with Crippen LogP contribution in [0, 0.1) is 5.92 Å². The molecule has 0 bridgehead atoms. The second-order valence-electron chi connectivity index (χ2n) is 8.09. The van der Waals surface area contributed by atoms with E-state index in [2.05, 4.69) is 25.5 Å². The van der Waals surface area contributed by atoms with Gasteiger partial charge in [-0.1, -0.05) is 6.42 Å². The molecule has 2 fully saturated rings. The largest absolute Gasteiger partial charge is 0.391 e. The molecule has 31 heavy (non-hydrogen) atoms. The maximum Gasteiger partial charge on any atom is 0.391 e. The maximum atomic E-state index is 13.1. The van der Waals surface area contributed by atoms with Gasteiger partial charge in [0.15, 0.2) is 5.96 Å². The Balaban J connectivity index is 0.00000341. The molecule has 1 aliphatic carbocycles. The number of alkyl halides is 3. The Bertz CT molecular complexity index is 719. The molecular weight excluding hydrogens is 522 g/mol. The van der Waals surface area contributed by atoms with E-state index < -0.39 is 12.1 Å². The highest BCUT2D eigenvalue weighted by molar-refractivity contribution is 14.0. The van der Waals surface area contributed by atoms with Crippen LogP contribution in [0.25, 0.3) is 0 Å². The standard InChI is InChI=1S/C21H32F3N5O.HI/c1-3-25-20(28-18-6-4-5-17(12-18)21(22,23)24)27-13-16-7-8-26-19(11-16)29-9-10-30-15(2)14-29;/h7-8,11,15,17-18H,3-6,9-10,12-14H2,1-2H3,(H2,25,27,28);1H. The van der Waals surface area contributed by atoms with E-state index in [-0.39, 0.29) is 49.0 Å². The van der Waals surface area contributed by atoms with Crippen molar-refractivity contribution >= 4 is 35.8 Å². The number of hydrogen-bond acceptors (Lipinski definition) is 4. The highest BCUT2D eigenvalue weighted by Gasteiger charge is 2.42. The number of anilines is 1. The zero-order valence-corrected chi connectivity index (χ0v) is 20.5. The first-order valence-electron chi connectivity index (χ1n) is 10.8. The number of aliphatic imine (C=N–C) groups is 1. The fourth-order valence-electron chi connectivity index (χ4n) is 4.06. The number of nitrogens with zero attached hydrogens (tertiary/aromatic N) is 3. The van der Waals surface area contributed by atoms with Gasteiger partial charge in [-0.3, -0.25) is 0 Å². The van der Waals surface area contributed by atoms with E-state index >= 15 is 0 Å². The molecule has 2 aliphatic rings. The average Bonchev–Trinajstić information content (AvgIpc) is 2.72. The third-order valence-electron chi connectivity index (χ3n) is 5.62. The fourth-order valence-corrected chi connectivity index (χ4v) is 4.06. The van der Waals surface area contributed by atoms with Crippen LogP contribution in [0.3, 0.4) is 0 Å². The molecule has 2 heterocycles. The topological polar surface area (TPSA) is 61.8 Å². The van der Waals surface area contributed by atoms with E-state index in [0.717, 1.165) is 30.9 Å². The molecule has 6 nitrogen and oxygen atoms in total. The summed E-state index contributed by atoms with van der Waals surface area (Å²) >= 11 is 0. The smallest absolute Gasteiger partial charge is 0.375 e. The minimum Gasteiger partial charge on any atom is -0.375 e. The van der Waals surface area contributed by atoms with E-state index in [1.807, 2.05) is 26.0 Å². The zero-order valence-electron chi connectivity index (χ0n) is 18.1. The molecular formula is C21H33F3IN5O. The summed E-state index contributed by atoms with van der Waals surface area (Å²) in [6, 6.07) is 3.72. The van der Waals surface area contributed by atoms with Crippen molar-refractivity contribution in [3.8, 4) is 0 Å². The Morgan fingerprint density at radius 2 is 2.16 bits per heavy atom. The van der Waals surface area contributed by atoms with Crippen molar-refractivity contribution in [1.29, 1.82) is 0 Å². The minimum atomic E-state index is -4.12. The van der Waals surface area contributed by atoms with E-state index in [4.69, 9.17) is 4.74 Å². The third-order valence-corrected chi connectivity index (χ3v) is 5.62. The van der Waals surface area contributed by atoms with Crippen LogP contribution in [0.15, 0.2) is 23.3 Å². The van der Waals surface area contributed by atoms with Gasteiger partial charge < -0.3 is 20.3 Å². The maximum absolute atomic E-state index is 13.1. The molecule has 3 unspecified atom stereocenters. The van der Waals surface area contributed by atoms with Crippen molar-refractivity contribution in [1.82, 2.24) is 15.6 Å². The summed E-state index contributed by atoms with van der Waals surface area (Å²) in [6.45, 7) is 7.35. The van der Waals surface area contributed by atoms with Crippen molar-refractivity contribution in [2.24, 2.45) is 10.9 Å². The number of halogens is 4. The molecule has 1 saturated heterocycles. The molecule has 1 aromatic heterocycles. The molecule has 10 heteroatoms. The van der Waals surface area contributed by atoms with Crippen molar-refractivity contribution in [3.63, 3.8) is 0 Å². The van der Waals surface area contributed by atoms with Gasteiger partial charge in [0.25, 0.3) is 0 Å². The number of nitrogens with one attached hydrogen (secondary N) is 2. The monoisotopic (exact) mass is 555 g/mol. The summed E-state index contributed by atoms with van der Waals surface area (Å²) in [5.41, 5.74) is 1.01. The van der Waals surface area contributed by atoms with E-state index in [1.54, 1.807) is 6.20 Å². The molecule has 3 rings (SSSR count). The van der Waals surface area contributed by atoms with Crippen molar-refractivity contribution in [2.75, 3.05) is 31.1 Å². The predicted molar refractivity (Wildman–Crippen MR) is 127 cm³/mol. The lowest BCUT2D eigenvalue weighted by Crippen LogP contribution is -2.46. The number of morpholine rings is 1. The molecule has 1 saturated carbocycles. The van der Waals surface area contributed by atoms with Crippen LogP contribution in [-0.2, 0) is 11.3 Å². The second-order valence-corrected chi connectivity index (χ2v) is 8.09. The van der Waals surface area contributed by atoms with Crippen LogP contribution in [0.2, 0.25) is 0 Å². The highest BCUT2D eigenvalue weighted by Crippen LogP contribution is 2.37. The Kier molecular flexibility index (Phi) is 10.1. The van der Waals surface area contributed by atoms with Gasteiger partial charge in [-0.25, -0.2) is 9.98 Å². The van der Waals surface area contributed by atoms with Gasteiger partial charge in [0, 0.05) is 31.9 Å². The van der Waals surface area contributed by atoms with E-state index in [9.17, 15) is 13.2 Å². The van der Waals surface area contributed by atoms with Gasteiger partial charge in [0.1, 0.15) is 5.82 Å². The summed E-state index contributed by atoms with van der Waals surface area (Å²) in [4.78, 5) is 11.3. The van der Waals surface area contributed by atoms with Crippen LogP contribution >= 0.6 is 24.0 Å². The number of rotatable bonds is 5. The molecule has 1 aliphatic heterocycles. The number of aromatic nitrogens is 1. The highest BCUT2D eigenvalue weighted by atomic mass is 127. The molecule has 0 amide bonds. The first kappa shape index (κ1) is 26.0. The van der Waals surface area contributed by atoms with Crippen molar-refractivity contribution in [2.45, 2.75) is 64.4 Å². The van der Waals surface area contributed by atoms with Gasteiger partial charge >= 0.3 is 6.18 Å². The number of pyridine rings is 1. The van der Waals surface area contributed by atoms with Gasteiger partial charge in [-0.15, -0.1) is 24.0 Å². The summed E-state index contributed by atoms with van der Waals surface area (Å²) in [7, 11) is 0. The minimum absolute atomic E-state index is 0. The second kappa shape index (κ2) is 12.1. The lowest BCUT2D eigenvalue weighted by atomic mass is 9.85. The lowest BCUT2D eigenvalue weighted by molar-refractivity contribution is -0.183. The van der Waals surface area contributed by atoms with E-state index in [1.165, 1.54) is 0 Å². The fraction of sp³-hybridized carbons (Fsp3) is 0.714. The van der Waals surface area contributed by atoms with Crippen molar-refractivity contribution in [3.05, 3.63) is 23.9 Å². The van der Waals surface area contributed by atoms with Crippen molar-refractivity contribution < 1.29 is 17.9 Å². The van der Waals surface area contributed by atoms with Crippen LogP contribution < -0.4 is 15.5 Å². The summed E-state index contributed by atoms with van der Waals surface area (Å²) in [5, 5.41) is 6.36. The molecule has 2 N–H and O–H groups in total. The molecule has 3 atom stereocenters. The van der Waals surface area contributed by atoms with Gasteiger partial charge in [-0.05, 0) is 50.8 Å². The zero-order chi connectivity index (χ0) is 21.6.